The Bertz CT molecular complexity index is 988. The van der Waals surface area contributed by atoms with Crippen molar-refractivity contribution in [1.82, 2.24) is 10.1 Å². The van der Waals surface area contributed by atoms with Crippen LogP contribution in [0.2, 0.25) is 0 Å². The van der Waals surface area contributed by atoms with Gasteiger partial charge in [-0.25, -0.2) is 0 Å². The van der Waals surface area contributed by atoms with E-state index in [0.29, 0.717) is 6.42 Å². The first-order chi connectivity index (χ1) is 13.8. The summed E-state index contributed by atoms with van der Waals surface area (Å²) in [6.45, 7) is 3.38. The Balaban J connectivity index is 1.18. The molecule has 2 aromatic carbocycles. The lowest BCUT2D eigenvalue weighted by atomic mass is 9.91. The minimum absolute atomic E-state index is 0.0303. The van der Waals surface area contributed by atoms with Crippen molar-refractivity contribution in [1.29, 1.82) is 0 Å². The van der Waals surface area contributed by atoms with Gasteiger partial charge in [0.2, 0.25) is 5.91 Å². The number of hydrogen-bond acceptors (Lipinski definition) is 4. The summed E-state index contributed by atoms with van der Waals surface area (Å²) < 4.78 is 5.59. The van der Waals surface area contributed by atoms with Crippen molar-refractivity contribution < 1.29 is 9.32 Å². The first-order valence-electron chi connectivity index (χ1n) is 10.2. The number of carbonyl (C=O) groups is 1. The van der Waals surface area contributed by atoms with Crippen LogP contribution in [0.3, 0.4) is 0 Å². The van der Waals surface area contributed by atoms with Crippen molar-refractivity contribution in [3.8, 4) is 0 Å². The highest BCUT2D eigenvalue weighted by atomic mass is 16.5. The molecular weight excluding hydrogens is 350 g/mol. The molecule has 0 saturated carbocycles. The zero-order valence-electron chi connectivity index (χ0n) is 16.0. The van der Waals surface area contributed by atoms with Gasteiger partial charge in [-0.1, -0.05) is 41.6 Å². The fourth-order valence-corrected chi connectivity index (χ4v) is 4.53. The van der Waals surface area contributed by atoms with Crippen LogP contribution in [0.5, 0.6) is 0 Å². The topological polar surface area (TPSA) is 58.4 Å². The number of rotatable bonds is 5. The summed E-state index contributed by atoms with van der Waals surface area (Å²) in [5.41, 5.74) is 4.97. The quantitative estimate of drug-likeness (QED) is 0.727. The number of piperidine rings is 1. The molecule has 5 heteroatoms. The molecule has 0 atom stereocenters. The summed E-state index contributed by atoms with van der Waals surface area (Å²) in [6.07, 6.45) is 5.00. The van der Waals surface area contributed by atoms with E-state index in [4.69, 9.17) is 4.52 Å². The summed E-state index contributed by atoms with van der Waals surface area (Å²) in [4.78, 5) is 14.2. The standard InChI is InChI=1S/C23H25N3O2/c27-21-14-18-7-8-19-20(25-28-23(19)22(18)24-21)9-6-16-10-12-26(13-11-16)15-17-4-2-1-3-5-17/h1-5,7-8,16H,6,9-15H2,(H,24,27). The normalized spacial score (nSPS) is 17.8. The van der Waals surface area contributed by atoms with Gasteiger partial charge in [-0.2, -0.15) is 0 Å². The van der Waals surface area contributed by atoms with Crippen LogP contribution in [-0.2, 0) is 24.2 Å². The molecule has 0 bridgehead atoms. The van der Waals surface area contributed by atoms with Gasteiger partial charge in [-0.3, -0.25) is 9.69 Å². The van der Waals surface area contributed by atoms with E-state index in [0.717, 1.165) is 53.2 Å². The van der Waals surface area contributed by atoms with Gasteiger partial charge in [0.1, 0.15) is 0 Å². The van der Waals surface area contributed by atoms with Gasteiger partial charge in [-0.05, 0) is 61.9 Å². The van der Waals surface area contributed by atoms with E-state index in [-0.39, 0.29) is 5.91 Å². The van der Waals surface area contributed by atoms with Gasteiger partial charge in [0.05, 0.1) is 17.8 Å². The number of hydrogen-bond donors (Lipinski definition) is 1. The van der Waals surface area contributed by atoms with Crippen molar-refractivity contribution in [2.24, 2.45) is 5.92 Å². The smallest absolute Gasteiger partial charge is 0.228 e. The van der Waals surface area contributed by atoms with Crippen molar-refractivity contribution in [3.63, 3.8) is 0 Å². The third-order valence-electron chi connectivity index (χ3n) is 6.16. The van der Waals surface area contributed by atoms with E-state index in [1.807, 2.05) is 6.07 Å². The number of aryl methyl sites for hydroxylation is 1. The van der Waals surface area contributed by atoms with Gasteiger partial charge >= 0.3 is 0 Å². The Labute approximate surface area is 164 Å². The number of benzene rings is 2. The van der Waals surface area contributed by atoms with E-state index < -0.39 is 0 Å². The molecule has 28 heavy (non-hydrogen) atoms. The maximum Gasteiger partial charge on any atom is 0.228 e. The third kappa shape index (κ3) is 3.42. The third-order valence-corrected chi connectivity index (χ3v) is 6.16. The van der Waals surface area contributed by atoms with E-state index in [1.165, 1.54) is 31.5 Å². The Hall–Kier alpha value is -2.66. The Morgan fingerprint density at radius 3 is 2.75 bits per heavy atom. The second-order valence-corrected chi connectivity index (χ2v) is 8.07. The Morgan fingerprint density at radius 2 is 1.93 bits per heavy atom. The van der Waals surface area contributed by atoms with Crippen molar-refractivity contribution in [2.45, 2.75) is 38.6 Å². The summed E-state index contributed by atoms with van der Waals surface area (Å²) in [7, 11) is 0. The van der Waals surface area contributed by atoms with Crippen LogP contribution in [0.4, 0.5) is 5.69 Å². The van der Waals surface area contributed by atoms with Crippen molar-refractivity contribution >= 4 is 22.6 Å². The highest BCUT2D eigenvalue weighted by Crippen LogP contribution is 2.34. The molecule has 0 radical (unpaired) electrons. The first kappa shape index (κ1) is 17.4. The SMILES string of the molecule is O=C1Cc2ccc3c(CCC4CCN(Cc5ccccc5)CC4)noc3c2N1. The van der Waals surface area contributed by atoms with E-state index in [9.17, 15) is 4.79 Å². The zero-order chi connectivity index (χ0) is 18.9. The number of carbonyl (C=O) groups excluding carboxylic acids is 1. The first-order valence-corrected chi connectivity index (χ1v) is 10.2. The zero-order valence-corrected chi connectivity index (χ0v) is 16.0. The molecule has 0 spiro atoms. The summed E-state index contributed by atoms with van der Waals surface area (Å²) in [6, 6.07) is 14.8. The summed E-state index contributed by atoms with van der Waals surface area (Å²) in [5, 5.41) is 8.27. The predicted octanol–water partition coefficient (Wildman–Crippen LogP) is 4.17. The average molecular weight is 375 g/mol. The van der Waals surface area contributed by atoms with Crippen LogP contribution in [0, 0.1) is 5.92 Å². The molecule has 0 unspecified atom stereocenters. The largest absolute Gasteiger partial charge is 0.354 e. The van der Waals surface area contributed by atoms with Crippen molar-refractivity contribution in [3.05, 3.63) is 59.3 Å². The van der Waals surface area contributed by atoms with E-state index in [1.54, 1.807) is 0 Å². The van der Waals surface area contributed by atoms with Crippen LogP contribution in [-0.4, -0.2) is 29.1 Å². The second-order valence-electron chi connectivity index (χ2n) is 8.07. The van der Waals surface area contributed by atoms with Crippen molar-refractivity contribution in [2.75, 3.05) is 18.4 Å². The maximum atomic E-state index is 11.6. The van der Waals surface area contributed by atoms with Gasteiger partial charge in [-0.15, -0.1) is 0 Å². The molecule has 3 aromatic rings. The molecule has 0 aliphatic carbocycles. The van der Waals surface area contributed by atoms with E-state index >= 15 is 0 Å². The van der Waals surface area contributed by atoms with Gasteiger partial charge in [0, 0.05) is 11.9 Å². The molecule has 144 valence electrons. The van der Waals surface area contributed by atoms with Crippen LogP contribution in [0.1, 0.15) is 36.1 Å². The second kappa shape index (κ2) is 7.40. The molecule has 1 fully saturated rings. The maximum absolute atomic E-state index is 11.6. The lowest BCUT2D eigenvalue weighted by Gasteiger charge is -2.31. The number of fused-ring (bicyclic) bond motifs is 3. The summed E-state index contributed by atoms with van der Waals surface area (Å²) in [5.74, 6) is 0.774. The highest BCUT2D eigenvalue weighted by Gasteiger charge is 2.24. The highest BCUT2D eigenvalue weighted by molar-refractivity contribution is 6.07. The number of anilines is 1. The van der Waals surface area contributed by atoms with E-state index in [2.05, 4.69) is 51.8 Å². The Kier molecular flexibility index (Phi) is 4.61. The van der Waals surface area contributed by atoms with Crippen LogP contribution in [0.15, 0.2) is 47.0 Å². The number of amides is 1. The Morgan fingerprint density at radius 1 is 1.11 bits per heavy atom. The molecule has 3 heterocycles. The summed E-state index contributed by atoms with van der Waals surface area (Å²) >= 11 is 0. The van der Waals surface area contributed by atoms with Crippen LogP contribution in [0.25, 0.3) is 11.0 Å². The van der Waals surface area contributed by atoms with Gasteiger partial charge in [0.25, 0.3) is 0 Å². The van der Waals surface area contributed by atoms with Crippen LogP contribution >= 0.6 is 0 Å². The minimum Gasteiger partial charge on any atom is -0.354 e. The number of likely N-dealkylation sites (tertiary alicyclic amines) is 1. The monoisotopic (exact) mass is 375 g/mol. The lowest BCUT2D eigenvalue weighted by Crippen LogP contribution is -2.33. The molecule has 1 aromatic heterocycles. The molecule has 2 aliphatic rings. The molecule has 1 amide bonds. The molecule has 1 saturated heterocycles. The molecule has 2 aliphatic heterocycles. The minimum atomic E-state index is 0.0303. The average Bonchev–Trinajstić information content (AvgIpc) is 3.30. The fourth-order valence-electron chi connectivity index (χ4n) is 4.53. The van der Waals surface area contributed by atoms with Gasteiger partial charge < -0.3 is 9.84 Å². The molecule has 5 nitrogen and oxygen atoms in total. The molecular formula is C23H25N3O2. The lowest BCUT2D eigenvalue weighted by molar-refractivity contribution is -0.115. The van der Waals surface area contributed by atoms with Crippen LogP contribution < -0.4 is 5.32 Å². The predicted molar refractivity (Wildman–Crippen MR) is 109 cm³/mol. The molecule has 5 rings (SSSR count). The number of nitrogens with one attached hydrogen (secondary N) is 1. The molecule has 1 N–H and O–H groups in total. The number of nitrogens with zero attached hydrogens (tertiary/aromatic N) is 2. The fraction of sp³-hybridized carbons (Fsp3) is 0.391. The number of aromatic nitrogens is 1. The van der Waals surface area contributed by atoms with Gasteiger partial charge in [0.15, 0.2) is 5.58 Å².